The van der Waals surface area contributed by atoms with E-state index < -0.39 is 11.6 Å². The zero-order valence-corrected chi connectivity index (χ0v) is 11.8. The van der Waals surface area contributed by atoms with Crippen LogP contribution in [0.2, 0.25) is 0 Å². The highest BCUT2D eigenvalue weighted by molar-refractivity contribution is 7.13. The Kier molecular flexibility index (Phi) is 3.34. The number of halogens is 2. The Morgan fingerprint density at radius 1 is 1.14 bits per heavy atom. The number of aromatic nitrogens is 3. The molecule has 7 heteroatoms. The molecule has 4 nitrogen and oxygen atoms in total. The van der Waals surface area contributed by atoms with E-state index in [0.717, 1.165) is 12.1 Å². The third-order valence-electron chi connectivity index (χ3n) is 2.89. The molecule has 0 aliphatic heterocycles. The highest BCUT2D eigenvalue weighted by Crippen LogP contribution is 2.31. The summed E-state index contributed by atoms with van der Waals surface area (Å²) in [7, 11) is 0. The molecule has 0 aliphatic carbocycles. The van der Waals surface area contributed by atoms with Gasteiger partial charge in [0, 0.05) is 17.1 Å². The Morgan fingerprint density at radius 2 is 1.95 bits per heavy atom. The van der Waals surface area contributed by atoms with Crippen molar-refractivity contribution in [2.24, 2.45) is 0 Å². The molecular weight excluding hydrogens is 294 g/mol. The van der Waals surface area contributed by atoms with Crippen molar-refractivity contribution in [2.75, 3.05) is 5.73 Å². The SMILES string of the molecule is Cc1ncc(-c2nc(-c3ccc(F)c(F)c3)cs2)c(N)n1. The Hall–Kier alpha value is -2.41. The van der Waals surface area contributed by atoms with Gasteiger partial charge < -0.3 is 5.73 Å². The molecule has 0 saturated carbocycles. The van der Waals surface area contributed by atoms with E-state index >= 15 is 0 Å². The monoisotopic (exact) mass is 304 g/mol. The first-order chi connectivity index (χ1) is 10.0. The summed E-state index contributed by atoms with van der Waals surface area (Å²) in [5.74, 6) is -0.868. The highest BCUT2D eigenvalue weighted by Gasteiger charge is 2.12. The fraction of sp³-hybridized carbons (Fsp3) is 0.0714. The van der Waals surface area contributed by atoms with Gasteiger partial charge in [-0.05, 0) is 25.1 Å². The molecule has 3 rings (SSSR count). The molecule has 21 heavy (non-hydrogen) atoms. The molecule has 0 saturated heterocycles. The van der Waals surface area contributed by atoms with Gasteiger partial charge in [-0.15, -0.1) is 11.3 Å². The molecule has 106 valence electrons. The molecule has 0 aliphatic rings. The van der Waals surface area contributed by atoms with E-state index in [9.17, 15) is 8.78 Å². The maximum atomic E-state index is 13.3. The number of hydrogen-bond acceptors (Lipinski definition) is 5. The van der Waals surface area contributed by atoms with Crippen molar-refractivity contribution in [3.05, 3.63) is 47.2 Å². The summed E-state index contributed by atoms with van der Waals surface area (Å²) in [6.45, 7) is 1.74. The molecule has 0 atom stereocenters. The number of rotatable bonds is 2. The van der Waals surface area contributed by atoms with Crippen molar-refractivity contribution in [2.45, 2.75) is 6.92 Å². The van der Waals surface area contributed by atoms with Gasteiger partial charge in [-0.25, -0.2) is 23.7 Å². The molecule has 0 fully saturated rings. The van der Waals surface area contributed by atoms with E-state index in [4.69, 9.17) is 5.73 Å². The van der Waals surface area contributed by atoms with Crippen LogP contribution in [0.15, 0.2) is 29.8 Å². The quantitative estimate of drug-likeness (QED) is 0.787. The smallest absolute Gasteiger partial charge is 0.159 e. The van der Waals surface area contributed by atoms with Gasteiger partial charge >= 0.3 is 0 Å². The van der Waals surface area contributed by atoms with Crippen LogP contribution in [0.1, 0.15) is 5.82 Å². The highest BCUT2D eigenvalue weighted by atomic mass is 32.1. The van der Waals surface area contributed by atoms with E-state index in [1.807, 2.05) is 0 Å². The maximum absolute atomic E-state index is 13.3. The summed E-state index contributed by atoms with van der Waals surface area (Å²) in [5, 5.41) is 2.38. The number of nitrogens with two attached hydrogens (primary N) is 1. The molecule has 2 heterocycles. The second kappa shape index (κ2) is 5.17. The first kappa shape index (κ1) is 13.6. The lowest BCUT2D eigenvalue weighted by molar-refractivity contribution is 0.509. The van der Waals surface area contributed by atoms with Crippen LogP contribution in [0.5, 0.6) is 0 Å². The third kappa shape index (κ3) is 2.59. The number of nitrogens with zero attached hydrogens (tertiary/aromatic N) is 3. The Labute approximate surface area is 123 Å². The molecule has 0 spiro atoms. The van der Waals surface area contributed by atoms with Crippen LogP contribution in [0.4, 0.5) is 14.6 Å². The zero-order chi connectivity index (χ0) is 15.0. The van der Waals surface area contributed by atoms with Crippen LogP contribution in [-0.2, 0) is 0 Å². The van der Waals surface area contributed by atoms with Crippen LogP contribution >= 0.6 is 11.3 Å². The van der Waals surface area contributed by atoms with Gasteiger partial charge in [0.25, 0.3) is 0 Å². The maximum Gasteiger partial charge on any atom is 0.159 e. The lowest BCUT2D eigenvalue weighted by Crippen LogP contribution is -1.98. The van der Waals surface area contributed by atoms with Crippen LogP contribution in [0.3, 0.4) is 0 Å². The molecule has 0 unspecified atom stereocenters. The van der Waals surface area contributed by atoms with E-state index in [-0.39, 0.29) is 0 Å². The Morgan fingerprint density at radius 3 is 2.67 bits per heavy atom. The van der Waals surface area contributed by atoms with Crippen molar-refractivity contribution in [1.29, 1.82) is 0 Å². The normalized spacial score (nSPS) is 10.8. The Balaban J connectivity index is 2.01. The number of anilines is 1. The predicted molar refractivity (Wildman–Crippen MR) is 77.6 cm³/mol. The summed E-state index contributed by atoms with van der Waals surface area (Å²) in [4.78, 5) is 12.6. The van der Waals surface area contributed by atoms with Gasteiger partial charge in [0.15, 0.2) is 11.6 Å². The van der Waals surface area contributed by atoms with Crippen molar-refractivity contribution >= 4 is 17.2 Å². The summed E-state index contributed by atoms with van der Waals surface area (Å²) in [6, 6.07) is 3.67. The Bertz CT molecular complexity index is 816. The molecule has 2 aromatic heterocycles. The second-order valence-corrected chi connectivity index (χ2v) is 5.24. The van der Waals surface area contributed by atoms with Gasteiger partial charge in [-0.1, -0.05) is 0 Å². The minimum atomic E-state index is -0.903. The minimum Gasteiger partial charge on any atom is -0.383 e. The fourth-order valence-corrected chi connectivity index (χ4v) is 2.69. The first-order valence-corrected chi connectivity index (χ1v) is 6.93. The van der Waals surface area contributed by atoms with Crippen molar-refractivity contribution < 1.29 is 8.78 Å². The first-order valence-electron chi connectivity index (χ1n) is 6.05. The average Bonchev–Trinajstić information content (AvgIpc) is 2.91. The molecule has 3 aromatic rings. The number of aryl methyl sites for hydroxylation is 1. The largest absolute Gasteiger partial charge is 0.383 e. The van der Waals surface area contributed by atoms with Gasteiger partial charge in [0.05, 0.1) is 11.3 Å². The molecule has 0 bridgehead atoms. The van der Waals surface area contributed by atoms with Gasteiger partial charge in [0.2, 0.25) is 0 Å². The van der Waals surface area contributed by atoms with Gasteiger partial charge in [-0.2, -0.15) is 0 Å². The summed E-state index contributed by atoms with van der Waals surface area (Å²) in [6.07, 6.45) is 1.60. The lowest BCUT2D eigenvalue weighted by Gasteiger charge is -2.01. The van der Waals surface area contributed by atoms with Gasteiger partial charge in [-0.3, -0.25) is 0 Å². The van der Waals surface area contributed by atoms with Crippen molar-refractivity contribution in [3.8, 4) is 21.8 Å². The van der Waals surface area contributed by atoms with Gasteiger partial charge in [0.1, 0.15) is 16.6 Å². The van der Waals surface area contributed by atoms with E-state index in [1.54, 1.807) is 18.5 Å². The van der Waals surface area contributed by atoms with Crippen molar-refractivity contribution in [3.63, 3.8) is 0 Å². The van der Waals surface area contributed by atoms with E-state index in [1.165, 1.54) is 17.4 Å². The standard InChI is InChI=1S/C14H10F2N4S/c1-7-18-5-9(13(17)19-7)14-20-12(6-21-14)8-2-3-10(15)11(16)4-8/h2-6H,1H3,(H2,17,18,19). The molecule has 0 radical (unpaired) electrons. The zero-order valence-electron chi connectivity index (χ0n) is 11.0. The predicted octanol–water partition coefficient (Wildman–Crippen LogP) is 3.44. The number of thiazole rings is 1. The number of hydrogen-bond donors (Lipinski definition) is 1. The third-order valence-corrected chi connectivity index (χ3v) is 3.76. The summed E-state index contributed by atoms with van der Waals surface area (Å²) in [5.41, 5.74) is 7.53. The molecule has 1 aromatic carbocycles. The van der Waals surface area contributed by atoms with E-state index in [2.05, 4.69) is 15.0 Å². The van der Waals surface area contributed by atoms with Crippen LogP contribution in [0.25, 0.3) is 21.8 Å². The number of benzene rings is 1. The fourth-order valence-electron chi connectivity index (χ4n) is 1.84. The molecule has 0 amide bonds. The summed E-state index contributed by atoms with van der Waals surface area (Å²) < 4.78 is 26.2. The molecular formula is C14H10F2N4S. The minimum absolute atomic E-state index is 0.341. The van der Waals surface area contributed by atoms with Crippen LogP contribution < -0.4 is 5.73 Å². The van der Waals surface area contributed by atoms with Crippen LogP contribution in [-0.4, -0.2) is 15.0 Å². The summed E-state index contributed by atoms with van der Waals surface area (Å²) >= 11 is 1.34. The second-order valence-electron chi connectivity index (χ2n) is 4.38. The molecule has 2 N–H and O–H groups in total. The lowest BCUT2D eigenvalue weighted by atomic mass is 10.1. The van der Waals surface area contributed by atoms with Crippen LogP contribution in [0, 0.1) is 18.6 Å². The van der Waals surface area contributed by atoms with E-state index in [0.29, 0.717) is 33.5 Å². The van der Waals surface area contributed by atoms with Crippen molar-refractivity contribution in [1.82, 2.24) is 15.0 Å². The number of nitrogen functional groups attached to an aromatic ring is 1. The topological polar surface area (TPSA) is 64.7 Å². The average molecular weight is 304 g/mol.